The molecule has 5 heteroatoms. The van der Waals surface area contributed by atoms with Gasteiger partial charge < -0.3 is 9.88 Å². The Hall–Kier alpha value is -2.30. The fourth-order valence-corrected chi connectivity index (χ4v) is 4.38. The van der Waals surface area contributed by atoms with E-state index >= 15 is 0 Å². The van der Waals surface area contributed by atoms with E-state index < -0.39 is 0 Å². The van der Waals surface area contributed by atoms with Crippen molar-refractivity contribution in [2.75, 3.05) is 5.32 Å². The lowest BCUT2D eigenvalue weighted by molar-refractivity contribution is 0.477. The van der Waals surface area contributed by atoms with Gasteiger partial charge in [0, 0.05) is 9.50 Å². The molecule has 2 heterocycles. The van der Waals surface area contributed by atoms with Crippen LogP contribution in [-0.2, 0) is 0 Å². The minimum absolute atomic E-state index is 0.168. The standard InChI is InChI=1S/C22H17BrClN3/c23-16-10-8-14(9-11-16)19-13-21(15-4-3-5-17(24)12-15)27-20-7-2-1-6-18(20)25-22(27)26-19/h1-12,19,21H,13H2,(H,25,26)/t19-,21+/m1/s1. The van der Waals surface area contributed by atoms with Gasteiger partial charge in [0.15, 0.2) is 0 Å². The van der Waals surface area contributed by atoms with Crippen LogP contribution in [0, 0.1) is 0 Å². The molecule has 134 valence electrons. The first kappa shape index (κ1) is 16.8. The summed E-state index contributed by atoms with van der Waals surface area (Å²) in [4.78, 5) is 4.85. The van der Waals surface area contributed by atoms with Gasteiger partial charge in [-0.1, -0.05) is 63.9 Å². The highest BCUT2D eigenvalue weighted by molar-refractivity contribution is 9.10. The molecule has 4 aromatic rings. The summed E-state index contributed by atoms with van der Waals surface area (Å²) in [6, 6.07) is 25.3. The van der Waals surface area contributed by atoms with Gasteiger partial charge in [0.1, 0.15) is 0 Å². The summed E-state index contributed by atoms with van der Waals surface area (Å²) in [7, 11) is 0. The average Bonchev–Trinajstić information content (AvgIpc) is 3.06. The Morgan fingerprint density at radius 2 is 1.78 bits per heavy atom. The molecule has 0 spiro atoms. The molecule has 27 heavy (non-hydrogen) atoms. The van der Waals surface area contributed by atoms with E-state index in [1.807, 2.05) is 18.2 Å². The molecular weight excluding hydrogens is 422 g/mol. The third-order valence-corrected chi connectivity index (χ3v) is 5.94. The average molecular weight is 439 g/mol. The van der Waals surface area contributed by atoms with Crippen LogP contribution < -0.4 is 5.32 Å². The van der Waals surface area contributed by atoms with Crippen molar-refractivity contribution in [3.8, 4) is 0 Å². The lowest BCUT2D eigenvalue weighted by atomic mass is 9.93. The predicted octanol–water partition coefficient (Wildman–Crippen LogP) is 6.60. The number of rotatable bonds is 2. The summed E-state index contributed by atoms with van der Waals surface area (Å²) in [6.45, 7) is 0. The zero-order chi connectivity index (χ0) is 18.4. The lowest BCUT2D eigenvalue weighted by Crippen LogP contribution is -2.27. The van der Waals surface area contributed by atoms with E-state index in [0.29, 0.717) is 0 Å². The monoisotopic (exact) mass is 437 g/mol. The molecule has 2 atom stereocenters. The smallest absolute Gasteiger partial charge is 0.204 e. The SMILES string of the molecule is Clc1cccc([C@@H]2C[C@H](c3ccc(Br)cc3)Nc3nc4ccccc4n32)c1. The van der Waals surface area contributed by atoms with Crippen molar-refractivity contribution in [1.29, 1.82) is 0 Å². The molecule has 0 unspecified atom stereocenters. The van der Waals surface area contributed by atoms with Crippen LogP contribution in [0.1, 0.15) is 29.6 Å². The summed E-state index contributed by atoms with van der Waals surface area (Å²) in [6.07, 6.45) is 0.926. The normalized spacial score (nSPS) is 18.9. The Morgan fingerprint density at radius 1 is 0.963 bits per heavy atom. The summed E-state index contributed by atoms with van der Waals surface area (Å²) >= 11 is 9.83. The highest BCUT2D eigenvalue weighted by Gasteiger charge is 2.31. The van der Waals surface area contributed by atoms with E-state index in [0.717, 1.165) is 32.9 Å². The zero-order valence-electron chi connectivity index (χ0n) is 14.4. The molecule has 0 saturated heterocycles. The van der Waals surface area contributed by atoms with Crippen LogP contribution in [0.3, 0.4) is 0 Å². The fourth-order valence-electron chi connectivity index (χ4n) is 3.92. The first-order chi connectivity index (χ1) is 13.2. The maximum absolute atomic E-state index is 6.31. The molecule has 1 aromatic heterocycles. The van der Waals surface area contributed by atoms with Gasteiger partial charge in [-0.2, -0.15) is 0 Å². The van der Waals surface area contributed by atoms with Crippen LogP contribution in [0.5, 0.6) is 0 Å². The van der Waals surface area contributed by atoms with Crippen molar-refractivity contribution in [2.24, 2.45) is 0 Å². The summed E-state index contributed by atoms with van der Waals surface area (Å²) in [5.74, 6) is 0.903. The highest BCUT2D eigenvalue weighted by Crippen LogP contribution is 2.41. The van der Waals surface area contributed by atoms with Gasteiger partial charge in [-0.3, -0.25) is 0 Å². The summed E-state index contributed by atoms with van der Waals surface area (Å²) in [5, 5.41) is 4.40. The number of aromatic nitrogens is 2. The number of halogens is 2. The molecule has 0 bridgehead atoms. The molecule has 5 rings (SSSR count). The second-order valence-corrected chi connectivity index (χ2v) is 8.20. The molecule has 1 aliphatic heterocycles. The van der Waals surface area contributed by atoms with Crippen molar-refractivity contribution in [3.63, 3.8) is 0 Å². The molecule has 0 radical (unpaired) electrons. The molecular formula is C22H17BrClN3. The van der Waals surface area contributed by atoms with E-state index in [2.05, 4.69) is 80.4 Å². The van der Waals surface area contributed by atoms with E-state index in [4.69, 9.17) is 16.6 Å². The zero-order valence-corrected chi connectivity index (χ0v) is 16.8. The van der Waals surface area contributed by atoms with E-state index in [1.54, 1.807) is 0 Å². The lowest BCUT2D eigenvalue weighted by Gasteiger charge is -2.33. The van der Waals surface area contributed by atoms with Gasteiger partial charge in [0.25, 0.3) is 0 Å². The second-order valence-electron chi connectivity index (χ2n) is 6.85. The Bertz CT molecular complexity index is 1120. The number of imidazole rings is 1. The molecule has 0 fully saturated rings. The Balaban J connectivity index is 1.67. The molecule has 0 saturated carbocycles. The molecule has 3 aromatic carbocycles. The van der Waals surface area contributed by atoms with Crippen molar-refractivity contribution < 1.29 is 0 Å². The first-order valence-corrected chi connectivity index (χ1v) is 10.1. The third-order valence-electron chi connectivity index (χ3n) is 5.18. The third kappa shape index (κ3) is 3.03. The number of fused-ring (bicyclic) bond motifs is 3. The highest BCUT2D eigenvalue weighted by atomic mass is 79.9. The molecule has 1 N–H and O–H groups in total. The van der Waals surface area contributed by atoms with E-state index in [1.165, 1.54) is 11.1 Å². The van der Waals surface area contributed by atoms with Crippen molar-refractivity contribution >= 4 is 44.5 Å². The Kier molecular flexibility index (Phi) is 4.18. The van der Waals surface area contributed by atoms with Crippen LogP contribution in [0.4, 0.5) is 5.95 Å². The molecule has 0 aliphatic carbocycles. The van der Waals surface area contributed by atoms with Crippen LogP contribution in [-0.4, -0.2) is 9.55 Å². The second kappa shape index (κ2) is 6.70. The van der Waals surface area contributed by atoms with E-state index in [-0.39, 0.29) is 12.1 Å². The first-order valence-electron chi connectivity index (χ1n) is 8.93. The number of nitrogens with one attached hydrogen (secondary N) is 1. The van der Waals surface area contributed by atoms with Crippen LogP contribution in [0.25, 0.3) is 11.0 Å². The van der Waals surface area contributed by atoms with Gasteiger partial charge in [0.2, 0.25) is 5.95 Å². The number of benzene rings is 3. The van der Waals surface area contributed by atoms with Crippen LogP contribution in [0.2, 0.25) is 5.02 Å². The summed E-state index contributed by atoms with van der Waals surface area (Å²) in [5.41, 5.74) is 4.60. The number of para-hydroxylation sites is 2. The quantitative estimate of drug-likeness (QED) is 0.382. The molecule has 3 nitrogen and oxygen atoms in total. The number of anilines is 1. The van der Waals surface area contributed by atoms with Crippen LogP contribution in [0.15, 0.2) is 77.3 Å². The van der Waals surface area contributed by atoms with Gasteiger partial charge in [-0.05, 0) is 53.9 Å². The van der Waals surface area contributed by atoms with Gasteiger partial charge >= 0.3 is 0 Å². The predicted molar refractivity (Wildman–Crippen MR) is 114 cm³/mol. The number of nitrogens with zero attached hydrogens (tertiary/aromatic N) is 2. The minimum atomic E-state index is 0.168. The van der Waals surface area contributed by atoms with Gasteiger partial charge in [0.05, 0.1) is 23.1 Å². The topological polar surface area (TPSA) is 29.9 Å². The molecule has 0 amide bonds. The maximum atomic E-state index is 6.31. The largest absolute Gasteiger partial charge is 0.349 e. The van der Waals surface area contributed by atoms with E-state index in [9.17, 15) is 0 Å². The minimum Gasteiger partial charge on any atom is -0.349 e. The van der Waals surface area contributed by atoms with Gasteiger partial charge in [-0.25, -0.2) is 4.98 Å². The number of hydrogen-bond donors (Lipinski definition) is 1. The maximum Gasteiger partial charge on any atom is 0.204 e. The van der Waals surface area contributed by atoms with Gasteiger partial charge in [-0.15, -0.1) is 0 Å². The van der Waals surface area contributed by atoms with Crippen LogP contribution >= 0.6 is 27.5 Å². The van der Waals surface area contributed by atoms with Crippen molar-refractivity contribution in [2.45, 2.75) is 18.5 Å². The Labute approximate surface area is 171 Å². The van der Waals surface area contributed by atoms with Crippen molar-refractivity contribution in [3.05, 3.63) is 93.4 Å². The summed E-state index contributed by atoms with van der Waals surface area (Å²) < 4.78 is 3.39. The Morgan fingerprint density at radius 3 is 2.59 bits per heavy atom. The fraction of sp³-hybridized carbons (Fsp3) is 0.136. The number of hydrogen-bond acceptors (Lipinski definition) is 2. The van der Waals surface area contributed by atoms with Crippen molar-refractivity contribution in [1.82, 2.24) is 9.55 Å². The molecule has 1 aliphatic rings.